The fourth-order valence-electron chi connectivity index (χ4n) is 2.62. The molecule has 0 spiro atoms. The second-order valence-electron chi connectivity index (χ2n) is 5.91. The summed E-state index contributed by atoms with van der Waals surface area (Å²) in [5.41, 5.74) is -0.176. The highest BCUT2D eigenvalue weighted by molar-refractivity contribution is 5.94. The molecule has 20 heavy (non-hydrogen) atoms. The van der Waals surface area contributed by atoms with Gasteiger partial charge >= 0.3 is 0 Å². The molecule has 1 aromatic heterocycles. The third-order valence-corrected chi connectivity index (χ3v) is 3.95. The van der Waals surface area contributed by atoms with Crippen LogP contribution in [0.1, 0.15) is 48.8 Å². The largest absolute Gasteiger partial charge is 0.328 e. The van der Waals surface area contributed by atoms with Gasteiger partial charge in [-0.2, -0.15) is 0 Å². The molecular formula is C15H19N3O2. The average molecular weight is 273 g/mol. The van der Waals surface area contributed by atoms with Crippen molar-refractivity contribution in [2.45, 2.75) is 38.6 Å². The first-order valence-corrected chi connectivity index (χ1v) is 7.14. The minimum atomic E-state index is -0.318. The average Bonchev–Trinajstić information content (AvgIpc) is 3.14. The van der Waals surface area contributed by atoms with Gasteiger partial charge in [-0.3, -0.25) is 9.59 Å². The van der Waals surface area contributed by atoms with Crippen molar-refractivity contribution in [1.29, 1.82) is 0 Å². The number of hydrogen-bond donors (Lipinski definition) is 1. The summed E-state index contributed by atoms with van der Waals surface area (Å²) >= 11 is 0. The van der Waals surface area contributed by atoms with Crippen LogP contribution in [0.25, 0.3) is 0 Å². The Morgan fingerprint density at radius 3 is 2.80 bits per heavy atom. The summed E-state index contributed by atoms with van der Waals surface area (Å²) in [7, 11) is 0. The molecule has 1 saturated carbocycles. The Bertz CT molecular complexity index is 614. The summed E-state index contributed by atoms with van der Waals surface area (Å²) in [4.78, 5) is 33.3. The molecule has 5 nitrogen and oxygen atoms in total. The Morgan fingerprint density at radius 2 is 2.20 bits per heavy atom. The number of carbonyl (C=O) groups excluding carboxylic acids is 1. The molecule has 5 heteroatoms. The van der Waals surface area contributed by atoms with Gasteiger partial charge in [0.1, 0.15) is 11.4 Å². The Labute approximate surface area is 117 Å². The molecule has 1 unspecified atom stereocenters. The molecule has 1 aliphatic heterocycles. The summed E-state index contributed by atoms with van der Waals surface area (Å²) in [6, 6.07) is 0.0602. The number of aromatic amines is 1. The maximum Gasteiger partial charge on any atom is 0.263 e. The Balaban J connectivity index is 1.85. The van der Waals surface area contributed by atoms with Gasteiger partial charge in [-0.1, -0.05) is 26.0 Å². The highest BCUT2D eigenvalue weighted by atomic mass is 16.2. The summed E-state index contributed by atoms with van der Waals surface area (Å²) in [5, 5.41) is 0. The van der Waals surface area contributed by atoms with Crippen LogP contribution in [-0.4, -0.2) is 33.4 Å². The fraction of sp³-hybridized carbons (Fsp3) is 0.533. The molecular weight excluding hydrogens is 254 g/mol. The number of nitrogens with one attached hydrogen (secondary N) is 1. The summed E-state index contributed by atoms with van der Waals surface area (Å²) in [6.07, 6.45) is 7.58. The Hall–Kier alpha value is -1.91. The maximum absolute atomic E-state index is 12.5. The predicted octanol–water partition coefficient (Wildman–Crippen LogP) is 1.68. The van der Waals surface area contributed by atoms with Crippen LogP contribution >= 0.6 is 0 Å². The number of carbonyl (C=O) groups is 1. The Kier molecular flexibility index (Phi) is 3.20. The molecule has 0 saturated heterocycles. The first-order chi connectivity index (χ1) is 9.58. The highest BCUT2D eigenvalue weighted by Crippen LogP contribution is 2.37. The second-order valence-corrected chi connectivity index (χ2v) is 5.91. The first kappa shape index (κ1) is 13.1. The third-order valence-electron chi connectivity index (χ3n) is 3.95. The van der Waals surface area contributed by atoms with E-state index in [0.29, 0.717) is 24.2 Å². The normalized spacial score (nSPS) is 21.8. The van der Waals surface area contributed by atoms with Crippen molar-refractivity contribution in [3.8, 4) is 0 Å². The van der Waals surface area contributed by atoms with Crippen molar-refractivity contribution in [2.75, 3.05) is 6.54 Å². The van der Waals surface area contributed by atoms with E-state index in [1.165, 1.54) is 6.20 Å². The minimum absolute atomic E-state index is 0.0602. The lowest BCUT2D eigenvalue weighted by atomic mass is 10.0. The SMILES string of the molecule is CC(C)C1C=CCN1C(=O)c1cnc(C2CC2)[nH]c1=O. The summed E-state index contributed by atoms with van der Waals surface area (Å²) in [6.45, 7) is 4.70. The van der Waals surface area contributed by atoms with E-state index in [2.05, 4.69) is 23.8 Å². The van der Waals surface area contributed by atoms with Crippen LogP contribution in [0.15, 0.2) is 23.1 Å². The first-order valence-electron chi connectivity index (χ1n) is 7.14. The molecule has 1 fully saturated rings. The molecule has 0 radical (unpaired) electrons. The van der Waals surface area contributed by atoms with Crippen LogP contribution in [0.3, 0.4) is 0 Å². The zero-order chi connectivity index (χ0) is 14.3. The molecule has 0 aromatic carbocycles. The van der Waals surface area contributed by atoms with Gasteiger partial charge in [0, 0.05) is 18.7 Å². The third kappa shape index (κ3) is 2.28. The molecule has 2 heterocycles. The van der Waals surface area contributed by atoms with Gasteiger partial charge in [0.2, 0.25) is 0 Å². The lowest BCUT2D eigenvalue weighted by molar-refractivity contribution is 0.0718. The van der Waals surface area contributed by atoms with Gasteiger partial charge in [0.15, 0.2) is 0 Å². The lowest BCUT2D eigenvalue weighted by Crippen LogP contribution is -2.41. The number of amides is 1. The van der Waals surface area contributed by atoms with Crippen molar-refractivity contribution in [3.05, 3.63) is 40.1 Å². The van der Waals surface area contributed by atoms with E-state index in [4.69, 9.17) is 0 Å². The van der Waals surface area contributed by atoms with Gasteiger partial charge < -0.3 is 9.88 Å². The van der Waals surface area contributed by atoms with Crippen molar-refractivity contribution in [1.82, 2.24) is 14.9 Å². The lowest BCUT2D eigenvalue weighted by Gasteiger charge is -2.27. The van der Waals surface area contributed by atoms with Crippen molar-refractivity contribution < 1.29 is 4.79 Å². The fourth-order valence-corrected chi connectivity index (χ4v) is 2.62. The minimum Gasteiger partial charge on any atom is -0.328 e. The van der Waals surface area contributed by atoms with Gasteiger partial charge in [-0.05, 0) is 18.8 Å². The maximum atomic E-state index is 12.5. The molecule has 3 rings (SSSR count). The van der Waals surface area contributed by atoms with Crippen molar-refractivity contribution in [3.63, 3.8) is 0 Å². The van der Waals surface area contributed by atoms with E-state index >= 15 is 0 Å². The molecule has 1 atom stereocenters. The van der Waals surface area contributed by atoms with Crippen molar-refractivity contribution in [2.24, 2.45) is 5.92 Å². The number of aromatic nitrogens is 2. The van der Waals surface area contributed by atoms with Crippen molar-refractivity contribution >= 4 is 5.91 Å². The van der Waals surface area contributed by atoms with E-state index in [0.717, 1.165) is 12.8 Å². The molecule has 1 aromatic rings. The van der Waals surface area contributed by atoms with Gasteiger partial charge in [-0.25, -0.2) is 4.98 Å². The summed E-state index contributed by atoms with van der Waals surface area (Å²) in [5.74, 6) is 1.19. The molecule has 0 bridgehead atoms. The van der Waals surface area contributed by atoms with Crippen LogP contribution < -0.4 is 5.56 Å². The number of H-pyrrole nitrogens is 1. The van der Waals surface area contributed by atoms with E-state index in [-0.39, 0.29) is 23.1 Å². The monoisotopic (exact) mass is 273 g/mol. The van der Waals surface area contributed by atoms with Gasteiger partial charge in [0.05, 0.1) is 6.04 Å². The number of hydrogen-bond acceptors (Lipinski definition) is 3. The van der Waals surface area contributed by atoms with Gasteiger partial charge in [-0.15, -0.1) is 0 Å². The predicted molar refractivity (Wildman–Crippen MR) is 75.6 cm³/mol. The van der Waals surface area contributed by atoms with Crippen LogP contribution in [-0.2, 0) is 0 Å². The van der Waals surface area contributed by atoms with Crippen LogP contribution in [0, 0.1) is 5.92 Å². The van der Waals surface area contributed by atoms with Crippen LogP contribution in [0.5, 0.6) is 0 Å². The topological polar surface area (TPSA) is 66.1 Å². The van der Waals surface area contributed by atoms with E-state index < -0.39 is 0 Å². The van der Waals surface area contributed by atoms with E-state index in [1.54, 1.807) is 4.90 Å². The molecule has 2 aliphatic rings. The van der Waals surface area contributed by atoms with Crippen LogP contribution in [0.2, 0.25) is 0 Å². The smallest absolute Gasteiger partial charge is 0.263 e. The number of rotatable bonds is 3. The Morgan fingerprint density at radius 1 is 1.45 bits per heavy atom. The van der Waals surface area contributed by atoms with E-state index in [1.807, 2.05) is 12.2 Å². The zero-order valence-corrected chi connectivity index (χ0v) is 11.8. The molecule has 1 amide bonds. The zero-order valence-electron chi connectivity index (χ0n) is 11.8. The standard InChI is InChI=1S/C15H19N3O2/c1-9(2)12-4-3-7-18(12)15(20)11-8-16-13(10-5-6-10)17-14(11)19/h3-4,8-10,12H,5-7H2,1-2H3,(H,16,17,19). The molecule has 1 N–H and O–H groups in total. The van der Waals surface area contributed by atoms with Gasteiger partial charge in [0.25, 0.3) is 11.5 Å². The second kappa shape index (κ2) is 4.89. The quantitative estimate of drug-likeness (QED) is 0.852. The molecule has 1 aliphatic carbocycles. The summed E-state index contributed by atoms with van der Waals surface area (Å²) < 4.78 is 0. The highest BCUT2D eigenvalue weighted by Gasteiger charge is 2.31. The number of nitrogens with zero attached hydrogens (tertiary/aromatic N) is 2. The van der Waals surface area contributed by atoms with E-state index in [9.17, 15) is 9.59 Å². The van der Waals surface area contributed by atoms with Crippen LogP contribution in [0.4, 0.5) is 0 Å². The molecule has 106 valence electrons.